The van der Waals surface area contributed by atoms with Gasteiger partial charge in [-0.15, -0.1) is 24.0 Å². The normalized spacial score (nSPS) is 33.3. The van der Waals surface area contributed by atoms with Crippen molar-refractivity contribution in [1.29, 1.82) is 0 Å². The lowest BCUT2D eigenvalue weighted by Crippen LogP contribution is -2.55. The zero-order valence-electron chi connectivity index (χ0n) is 17.5. The molecule has 2 aliphatic carbocycles. The maximum atomic E-state index is 5.79. The number of halogens is 1. The fraction of sp³-hybridized carbons (Fsp3) is 0.952. The fourth-order valence-corrected chi connectivity index (χ4v) is 5.60. The molecule has 162 valence electrons. The summed E-state index contributed by atoms with van der Waals surface area (Å²) in [5.41, 5.74) is 0. The van der Waals surface area contributed by atoms with E-state index in [1.807, 2.05) is 7.05 Å². The molecule has 4 rings (SSSR count). The highest BCUT2D eigenvalue weighted by Crippen LogP contribution is 2.46. The van der Waals surface area contributed by atoms with E-state index in [2.05, 4.69) is 20.1 Å². The Kier molecular flexibility index (Phi) is 9.12. The van der Waals surface area contributed by atoms with Gasteiger partial charge in [-0.3, -0.25) is 9.89 Å². The van der Waals surface area contributed by atoms with Crippen LogP contribution in [0.3, 0.4) is 0 Å². The van der Waals surface area contributed by atoms with Crippen molar-refractivity contribution in [3.63, 3.8) is 0 Å². The van der Waals surface area contributed by atoms with Gasteiger partial charge in [0, 0.05) is 64.9 Å². The lowest BCUT2D eigenvalue weighted by atomic mass is 9.93. The van der Waals surface area contributed by atoms with E-state index in [4.69, 9.17) is 9.47 Å². The van der Waals surface area contributed by atoms with Crippen LogP contribution in [-0.4, -0.2) is 88.0 Å². The molecule has 28 heavy (non-hydrogen) atoms. The van der Waals surface area contributed by atoms with E-state index in [0.717, 1.165) is 82.7 Å². The topological polar surface area (TPSA) is 49.3 Å². The second-order valence-electron chi connectivity index (χ2n) is 8.90. The van der Waals surface area contributed by atoms with Crippen LogP contribution in [0.4, 0.5) is 0 Å². The molecule has 2 bridgehead atoms. The Morgan fingerprint density at radius 2 is 2.00 bits per heavy atom. The summed E-state index contributed by atoms with van der Waals surface area (Å²) in [7, 11) is 1.90. The minimum atomic E-state index is 0. The van der Waals surface area contributed by atoms with Crippen LogP contribution < -0.4 is 5.32 Å². The van der Waals surface area contributed by atoms with Crippen LogP contribution in [0.15, 0.2) is 4.99 Å². The fourth-order valence-electron chi connectivity index (χ4n) is 5.60. The van der Waals surface area contributed by atoms with Gasteiger partial charge in [0.25, 0.3) is 0 Å². The molecule has 2 aliphatic heterocycles. The van der Waals surface area contributed by atoms with E-state index in [-0.39, 0.29) is 24.0 Å². The summed E-state index contributed by atoms with van der Waals surface area (Å²) < 4.78 is 11.2. The third-order valence-corrected chi connectivity index (χ3v) is 7.12. The first-order valence-electron chi connectivity index (χ1n) is 11.2. The van der Waals surface area contributed by atoms with Gasteiger partial charge in [0.05, 0.1) is 13.2 Å². The van der Waals surface area contributed by atoms with E-state index in [9.17, 15) is 0 Å². The molecule has 0 radical (unpaired) electrons. The highest BCUT2D eigenvalue weighted by molar-refractivity contribution is 14.0. The lowest BCUT2D eigenvalue weighted by Gasteiger charge is -2.42. The quantitative estimate of drug-likeness (QED) is 0.249. The second-order valence-corrected chi connectivity index (χ2v) is 8.90. The van der Waals surface area contributed by atoms with Crippen LogP contribution in [-0.2, 0) is 9.47 Å². The van der Waals surface area contributed by atoms with E-state index in [1.165, 1.54) is 38.8 Å². The standard InChI is InChI=1S/C21H38N4O2.HI/c1-22-21(23-6-2-11-26-15-18-5-12-27-16-18)25-9-7-24(8-10-25)20-14-17-3-4-19(20)13-17;/h17-20H,2-16H2,1H3,(H,22,23);1H. The summed E-state index contributed by atoms with van der Waals surface area (Å²) in [6.07, 6.45) is 8.12. The summed E-state index contributed by atoms with van der Waals surface area (Å²) in [5, 5.41) is 3.53. The first kappa shape index (κ1) is 22.6. The van der Waals surface area contributed by atoms with Crippen LogP contribution >= 0.6 is 24.0 Å². The van der Waals surface area contributed by atoms with Gasteiger partial charge in [-0.1, -0.05) is 6.42 Å². The van der Waals surface area contributed by atoms with Crippen LogP contribution in [0.5, 0.6) is 0 Å². The summed E-state index contributed by atoms with van der Waals surface area (Å²) in [6.45, 7) is 8.97. The number of fused-ring (bicyclic) bond motifs is 2. The number of aliphatic imine (C=N–C) groups is 1. The molecule has 4 fully saturated rings. The van der Waals surface area contributed by atoms with Crippen LogP contribution in [0.25, 0.3) is 0 Å². The third kappa shape index (κ3) is 5.73. The number of ether oxygens (including phenoxy) is 2. The highest BCUT2D eigenvalue weighted by atomic mass is 127. The Balaban J connectivity index is 0.00000225. The average molecular weight is 506 g/mol. The van der Waals surface area contributed by atoms with Gasteiger partial charge < -0.3 is 19.7 Å². The maximum Gasteiger partial charge on any atom is 0.193 e. The molecule has 2 heterocycles. The monoisotopic (exact) mass is 506 g/mol. The van der Waals surface area contributed by atoms with Gasteiger partial charge in [-0.25, -0.2) is 0 Å². The van der Waals surface area contributed by atoms with Crippen molar-refractivity contribution in [1.82, 2.24) is 15.1 Å². The summed E-state index contributed by atoms with van der Waals surface area (Å²) in [6, 6.07) is 0.878. The molecule has 4 unspecified atom stereocenters. The SMILES string of the molecule is CN=C(NCCCOCC1CCOC1)N1CCN(C2CC3CCC2C3)CC1.I. The lowest BCUT2D eigenvalue weighted by molar-refractivity contribution is 0.0879. The molecule has 0 aromatic carbocycles. The predicted octanol–water partition coefficient (Wildman–Crippen LogP) is 2.43. The Labute approximate surface area is 187 Å². The largest absolute Gasteiger partial charge is 0.381 e. The molecule has 0 aromatic heterocycles. The van der Waals surface area contributed by atoms with Gasteiger partial charge in [0.2, 0.25) is 0 Å². The number of nitrogens with zero attached hydrogens (tertiary/aromatic N) is 3. The van der Waals surface area contributed by atoms with E-state index in [1.54, 1.807) is 0 Å². The second kappa shape index (κ2) is 11.3. The predicted molar refractivity (Wildman–Crippen MR) is 124 cm³/mol. The Morgan fingerprint density at radius 1 is 1.14 bits per heavy atom. The van der Waals surface area contributed by atoms with Crippen molar-refractivity contribution in [2.75, 3.05) is 66.2 Å². The molecular weight excluding hydrogens is 467 g/mol. The van der Waals surface area contributed by atoms with Gasteiger partial charge in [-0.05, 0) is 43.9 Å². The zero-order valence-corrected chi connectivity index (χ0v) is 19.8. The van der Waals surface area contributed by atoms with E-state index < -0.39 is 0 Å². The molecule has 7 heteroatoms. The molecule has 4 atom stereocenters. The number of piperazine rings is 1. The molecule has 4 aliphatic rings. The average Bonchev–Trinajstić information content (AvgIpc) is 3.46. The molecular formula is C21H39IN4O2. The first-order chi connectivity index (χ1) is 13.3. The van der Waals surface area contributed by atoms with Crippen molar-refractivity contribution in [3.8, 4) is 0 Å². The zero-order chi connectivity index (χ0) is 18.5. The Bertz CT molecular complexity index is 493. The molecule has 2 saturated heterocycles. The molecule has 1 N–H and O–H groups in total. The summed E-state index contributed by atoms with van der Waals surface area (Å²) in [5.74, 6) is 3.70. The number of nitrogens with one attached hydrogen (secondary N) is 1. The molecule has 2 saturated carbocycles. The van der Waals surface area contributed by atoms with Crippen molar-refractivity contribution in [2.45, 2.75) is 44.6 Å². The van der Waals surface area contributed by atoms with E-state index in [0.29, 0.717) is 5.92 Å². The minimum Gasteiger partial charge on any atom is -0.381 e. The van der Waals surface area contributed by atoms with Crippen LogP contribution in [0.1, 0.15) is 38.5 Å². The van der Waals surface area contributed by atoms with Crippen LogP contribution in [0.2, 0.25) is 0 Å². The number of hydrogen-bond donors (Lipinski definition) is 1. The van der Waals surface area contributed by atoms with Gasteiger partial charge >= 0.3 is 0 Å². The van der Waals surface area contributed by atoms with Crippen molar-refractivity contribution < 1.29 is 9.47 Å². The van der Waals surface area contributed by atoms with Crippen molar-refractivity contribution in [2.24, 2.45) is 22.7 Å². The molecule has 0 aromatic rings. The Hall–Kier alpha value is -0.120. The highest BCUT2D eigenvalue weighted by Gasteiger charge is 2.42. The Morgan fingerprint density at radius 3 is 2.64 bits per heavy atom. The summed E-state index contributed by atoms with van der Waals surface area (Å²) >= 11 is 0. The number of rotatable bonds is 7. The van der Waals surface area contributed by atoms with Crippen molar-refractivity contribution >= 4 is 29.9 Å². The van der Waals surface area contributed by atoms with Crippen LogP contribution in [0, 0.1) is 17.8 Å². The smallest absolute Gasteiger partial charge is 0.193 e. The van der Waals surface area contributed by atoms with Gasteiger partial charge in [0.15, 0.2) is 5.96 Å². The number of hydrogen-bond acceptors (Lipinski definition) is 4. The minimum absolute atomic E-state index is 0. The number of guanidine groups is 1. The maximum absolute atomic E-state index is 5.79. The molecule has 0 spiro atoms. The third-order valence-electron chi connectivity index (χ3n) is 7.12. The summed E-state index contributed by atoms with van der Waals surface area (Å²) in [4.78, 5) is 9.71. The van der Waals surface area contributed by atoms with Gasteiger partial charge in [0.1, 0.15) is 0 Å². The first-order valence-corrected chi connectivity index (χ1v) is 11.2. The van der Waals surface area contributed by atoms with E-state index >= 15 is 0 Å². The van der Waals surface area contributed by atoms with Gasteiger partial charge in [-0.2, -0.15) is 0 Å². The molecule has 0 amide bonds. The molecule has 6 nitrogen and oxygen atoms in total. The van der Waals surface area contributed by atoms with Crippen molar-refractivity contribution in [3.05, 3.63) is 0 Å².